The standard InChI is InChI=1S/C16H16BrN2O2.Y/c1-3-19-15(7-4-11(2)16(19)20)13-6-5-12(10-14(13)17)21-9-8-18;/h5-6,10-11H,3-4,9H2,1-2H3;/q-1;. The van der Waals surface area contributed by atoms with E-state index in [1.165, 1.54) is 0 Å². The van der Waals surface area contributed by atoms with Gasteiger partial charge < -0.3 is 9.64 Å². The molecule has 0 bridgehead atoms. The fourth-order valence-corrected chi connectivity index (χ4v) is 2.80. The van der Waals surface area contributed by atoms with Gasteiger partial charge in [-0.1, -0.05) is 33.7 Å². The molecule has 0 spiro atoms. The molecular weight excluding hydrogens is 421 g/mol. The molecule has 22 heavy (non-hydrogen) atoms. The van der Waals surface area contributed by atoms with Crippen molar-refractivity contribution in [2.45, 2.75) is 20.3 Å². The fourth-order valence-electron chi connectivity index (χ4n) is 2.26. The molecular formula is C16H16BrN2O2Y-. The minimum absolute atomic E-state index is 0. The van der Waals surface area contributed by atoms with Crippen LogP contribution in [0, 0.1) is 23.3 Å². The third-order valence-electron chi connectivity index (χ3n) is 3.35. The van der Waals surface area contributed by atoms with Gasteiger partial charge in [-0.25, -0.2) is 6.08 Å². The molecule has 1 aliphatic heterocycles. The summed E-state index contributed by atoms with van der Waals surface area (Å²) in [7, 11) is 0. The van der Waals surface area contributed by atoms with Crippen LogP contribution in [0.15, 0.2) is 22.7 Å². The third kappa shape index (κ3) is 4.19. The topological polar surface area (TPSA) is 53.3 Å². The van der Waals surface area contributed by atoms with Crippen LogP contribution in [0.4, 0.5) is 0 Å². The van der Waals surface area contributed by atoms with E-state index in [0.29, 0.717) is 18.7 Å². The smallest absolute Gasteiger partial charge is 0.225 e. The Hall–Kier alpha value is -0.696. The summed E-state index contributed by atoms with van der Waals surface area (Å²) in [5.74, 6) is 0.722. The molecule has 1 aromatic carbocycles. The number of amides is 1. The van der Waals surface area contributed by atoms with E-state index in [4.69, 9.17) is 10.00 Å². The first kappa shape index (κ1) is 19.4. The van der Waals surface area contributed by atoms with Gasteiger partial charge >= 0.3 is 0 Å². The van der Waals surface area contributed by atoms with Crippen molar-refractivity contribution in [2.24, 2.45) is 5.92 Å². The number of ether oxygens (including phenoxy) is 1. The number of hydrogen-bond donors (Lipinski definition) is 0. The predicted octanol–water partition coefficient (Wildman–Crippen LogP) is 3.38. The number of allylic oxidation sites excluding steroid dienone is 1. The first-order chi connectivity index (χ1) is 10.1. The molecule has 1 heterocycles. The molecule has 1 aliphatic rings. The van der Waals surface area contributed by atoms with Gasteiger partial charge in [0.05, 0.1) is 0 Å². The van der Waals surface area contributed by atoms with Gasteiger partial charge in [-0.15, -0.1) is 17.3 Å². The summed E-state index contributed by atoms with van der Waals surface area (Å²) >= 11 is 3.50. The first-order valence-electron chi connectivity index (χ1n) is 6.80. The second-order valence-corrected chi connectivity index (χ2v) is 5.66. The second-order valence-electron chi connectivity index (χ2n) is 4.80. The first-order valence-corrected chi connectivity index (χ1v) is 7.59. The van der Waals surface area contributed by atoms with Crippen LogP contribution in [0.1, 0.15) is 25.8 Å². The number of nitriles is 1. The van der Waals surface area contributed by atoms with Crippen molar-refractivity contribution in [1.82, 2.24) is 4.90 Å². The summed E-state index contributed by atoms with van der Waals surface area (Å²) in [6.45, 7) is 4.50. The second kappa shape index (κ2) is 8.81. The van der Waals surface area contributed by atoms with E-state index in [1.54, 1.807) is 17.0 Å². The Morgan fingerprint density at radius 2 is 2.27 bits per heavy atom. The average molecular weight is 437 g/mol. The van der Waals surface area contributed by atoms with Gasteiger partial charge in [0.15, 0.2) is 6.61 Å². The molecule has 1 atom stereocenters. The molecule has 0 aliphatic carbocycles. The van der Waals surface area contributed by atoms with Gasteiger partial charge in [-0.2, -0.15) is 5.26 Å². The molecule has 0 N–H and O–H groups in total. The molecule has 0 saturated heterocycles. The predicted molar refractivity (Wildman–Crippen MR) is 83.1 cm³/mol. The third-order valence-corrected chi connectivity index (χ3v) is 4.00. The molecule has 1 radical (unpaired) electrons. The maximum atomic E-state index is 12.2. The number of hydrogen-bond acceptors (Lipinski definition) is 3. The molecule has 0 fully saturated rings. The molecule has 1 aromatic rings. The van der Waals surface area contributed by atoms with Crippen LogP contribution in [0.2, 0.25) is 0 Å². The van der Waals surface area contributed by atoms with E-state index >= 15 is 0 Å². The van der Waals surface area contributed by atoms with E-state index in [2.05, 4.69) is 22.0 Å². The number of rotatable bonds is 4. The normalized spacial score (nSPS) is 17.4. The summed E-state index contributed by atoms with van der Waals surface area (Å²) in [6, 6.07) is 7.41. The Labute approximate surface area is 164 Å². The minimum atomic E-state index is -0.0225. The van der Waals surface area contributed by atoms with E-state index in [9.17, 15) is 4.79 Å². The number of nitrogens with zero attached hydrogens (tertiary/aromatic N) is 2. The average Bonchev–Trinajstić information content (AvgIpc) is 2.48. The summed E-state index contributed by atoms with van der Waals surface area (Å²) in [5.41, 5.74) is 1.71. The zero-order valence-corrected chi connectivity index (χ0v) is 17.0. The quantitative estimate of drug-likeness (QED) is 0.680. The maximum absolute atomic E-state index is 12.2. The van der Waals surface area contributed by atoms with Crippen LogP contribution < -0.4 is 4.74 Å². The van der Waals surface area contributed by atoms with Gasteiger partial charge in [-0.05, 0) is 19.1 Å². The molecule has 6 heteroatoms. The van der Waals surface area contributed by atoms with Crippen LogP contribution in [-0.2, 0) is 37.5 Å². The van der Waals surface area contributed by atoms with Gasteiger partial charge in [0, 0.05) is 45.2 Å². The summed E-state index contributed by atoms with van der Waals surface area (Å²) in [5, 5.41) is 8.53. The van der Waals surface area contributed by atoms with E-state index in [-0.39, 0.29) is 51.1 Å². The van der Waals surface area contributed by atoms with Gasteiger partial charge in [0.25, 0.3) is 0 Å². The van der Waals surface area contributed by atoms with Crippen molar-refractivity contribution in [3.05, 3.63) is 34.3 Å². The van der Waals surface area contributed by atoms with Crippen molar-refractivity contribution in [2.75, 3.05) is 13.2 Å². The zero-order valence-electron chi connectivity index (χ0n) is 12.6. The van der Waals surface area contributed by atoms with E-state index in [0.717, 1.165) is 15.7 Å². The van der Waals surface area contributed by atoms with Crippen LogP contribution in [0.3, 0.4) is 0 Å². The van der Waals surface area contributed by atoms with Crippen LogP contribution in [0.5, 0.6) is 5.75 Å². The van der Waals surface area contributed by atoms with Crippen LogP contribution in [0.25, 0.3) is 5.70 Å². The Balaban J connectivity index is 0.00000242. The van der Waals surface area contributed by atoms with Crippen molar-refractivity contribution in [1.29, 1.82) is 5.26 Å². The zero-order chi connectivity index (χ0) is 15.4. The van der Waals surface area contributed by atoms with Gasteiger partial charge in [0.1, 0.15) is 11.8 Å². The van der Waals surface area contributed by atoms with Gasteiger partial charge in [-0.3, -0.25) is 4.79 Å². The minimum Gasteiger partial charge on any atom is -0.479 e. The molecule has 1 unspecified atom stereocenters. The Morgan fingerprint density at radius 1 is 1.55 bits per heavy atom. The van der Waals surface area contributed by atoms with Crippen molar-refractivity contribution in [3.63, 3.8) is 0 Å². The molecule has 4 nitrogen and oxygen atoms in total. The molecule has 0 saturated carbocycles. The number of carbonyl (C=O) groups is 1. The van der Waals surface area contributed by atoms with Crippen LogP contribution in [-0.4, -0.2) is 24.0 Å². The van der Waals surface area contributed by atoms with Crippen LogP contribution >= 0.6 is 15.9 Å². The largest absolute Gasteiger partial charge is 0.479 e. The molecule has 113 valence electrons. The molecule has 1 amide bonds. The number of benzene rings is 1. The fraction of sp³-hybridized carbons (Fsp3) is 0.375. The molecule has 2 rings (SSSR count). The summed E-state index contributed by atoms with van der Waals surface area (Å²) < 4.78 is 6.09. The number of carbonyl (C=O) groups excluding carboxylic acids is 1. The Bertz CT molecular complexity index is 625. The Kier molecular flexibility index (Phi) is 7.75. The SMILES string of the molecule is CCN1C(=O)C(C)C[C-]=C1c1ccc(OCC#N)cc1Br.[Y]. The van der Waals surface area contributed by atoms with E-state index < -0.39 is 0 Å². The van der Waals surface area contributed by atoms with E-state index in [1.807, 2.05) is 26.0 Å². The maximum Gasteiger partial charge on any atom is 0.225 e. The number of halogens is 1. The molecule has 0 aromatic heterocycles. The monoisotopic (exact) mass is 436 g/mol. The van der Waals surface area contributed by atoms with Crippen molar-refractivity contribution < 1.29 is 42.2 Å². The summed E-state index contributed by atoms with van der Waals surface area (Å²) in [6.07, 6.45) is 3.95. The van der Waals surface area contributed by atoms with Crippen molar-refractivity contribution in [3.8, 4) is 11.8 Å². The van der Waals surface area contributed by atoms with Gasteiger partial charge in [0.2, 0.25) is 5.91 Å². The summed E-state index contributed by atoms with van der Waals surface area (Å²) in [4.78, 5) is 14.0. The van der Waals surface area contributed by atoms with Crippen molar-refractivity contribution >= 4 is 27.5 Å². The Morgan fingerprint density at radius 3 is 2.86 bits per heavy atom.